The predicted octanol–water partition coefficient (Wildman–Crippen LogP) is 2.76. The molecule has 0 bridgehead atoms. The number of aromatic nitrogens is 2. The van der Waals surface area contributed by atoms with E-state index in [0.29, 0.717) is 5.38 Å². The first-order valence-electron chi connectivity index (χ1n) is 4.85. The second-order valence-electron chi connectivity index (χ2n) is 3.41. The first kappa shape index (κ1) is 10.6. The lowest BCUT2D eigenvalue weighted by molar-refractivity contribution is 0.657. The Kier molecular flexibility index (Phi) is 4.29. The van der Waals surface area contributed by atoms with Gasteiger partial charge in [-0.05, 0) is 25.3 Å². The molecule has 1 aromatic rings. The van der Waals surface area contributed by atoms with Crippen molar-refractivity contribution in [3.8, 4) is 0 Å². The number of rotatable bonds is 5. The molecular formula is C10H17ClN2. The molecule has 3 heteroatoms. The Bertz CT molecular complexity index is 245. The molecule has 1 heterocycles. The van der Waals surface area contributed by atoms with Crippen molar-refractivity contribution >= 4 is 11.6 Å². The molecule has 0 saturated heterocycles. The van der Waals surface area contributed by atoms with E-state index in [4.69, 9.17) is 11.6 Å². The Labute approximate surface area is 84.9 Å². The number of nitrogens with zero attached hydrogens (tertiary/aromatic N) is 2. The third-order valence-electron chi connectivity index (χ3n) is 2.08. The maximum Gasteiger partial charge on any atom is 0.0625 e. The molecule has 2 nitrogen and oxygen atoms in total. The summed E-state index contributed by atoms with van der Waals surface area (Å²) in [5, 5.41) is 4.61. The normalized spacial score (nSPS) is 13.2. The van der Waals surface area contributed by atoms with Gasteiger partial charge in [-0.3, -0.25) is 4.68 Å². The summed E-state index contributed by atoms with van der Waals surface area (Å²) in [6, 6.07) is 2.05. The largest absolute Gasteiger partial charge is 0.276 e. The minimum absolute atomic E-state index is 0.312. The molecule has 1 aromatic heterocycles. The minimum atomic E-state index is 0.312. The molecule has 0 aliphatic carbocycles. The van der Waals surface area contributed by atoms with E-state index in [0.717, 1.165) is 31.4 Å². The van der Waals surface area contributed by atoms with Crippen LogP contribution in [0.2, 0.25) is 0 Å². The van der Waals surface area contributed by atoms with Crippen LogP contribution in [0.3, 0.4) is 0 Å². The molecule has 1 rings (SSSR count). The van der Waals surface area contributed by atoms with Crippen molar-refractivity contribution in [2.45, 2.75) is 38.0 Å². The first-order valence-corrected chi connectivity index (χ1v) is 5.28. The summed E-state index contributed by atoms with van der Waals surface area (Å²) in [4.78, 5) is 0. The average Bonchev–Trinajstić information content (AvgIpc) is 2.49. The molecule has 0 N–H and O–H groups in total. The lowest BCUT2D eigenvalue weighted by Gasteiger charge is -2.05. The van der Waals surface area contributed by atoms with Crippen LogP contribution in [-0.4, -0.2) is 15.2 Å². The van der Waals surface area contributed by atoms with Crippen molar-refractivity contribution in [2.24, 2.45) is 7.05 Å². The van der Waals surface area contributed by atoms with Gasteiger partial charge in [-0.1, -0.05) is 13.3 Å². The van der Waals surface area contributed by atoms with Crippen molar-refractivity contribution in [1.29, 1.82) is 0 Å². The number of aryl methyl sites for hydroxylation is 2. The van der Waals surface area contributed by atoms with Crippen LogP contribution in [0.4, 0.5) is 0 Å². The third kappa shape index (κ3) is 3.81. The van der Waals surface area contributed by atoms with E-state index in [1.165, 1.54) is 0 Å². The smallest absolute Gasteiger partial charge is 0.0625 e. The Morgan fingerprint density at radius 3 is 2.85 bits per heavy atom. The monoisotopic (exact) mass is 200 g/mol. The van der Waals surface area contributed by atoms with Crippen molar-refractivity contribution in [1.82, 2.24) is 9.78 Å². The summed E-state index contributed by atoms with van der Waals surface area (Å²) in [7, 11) is 1.94. The van der Waals surface area contributed by atoms with Gasteiger partial charge in [0.05, 0.1) is 5.69 Å². The van der Waals surface area contributed by atoms with Crippen LogP contribution in [0.25, 0.3) is 0 Å². The van der Waals surface area contributed by atoms with E-state index in [2.05, 4.69) is 18.1 Å². The van der Waals surface area contributed by atoms with Crippen molar-refractivity contribution < 1.29 is 0 Å². The number of hydrogen-bond acceptors (Lipinski definition) is 1. The molecule has 0 aliphatic rings. The molecule has 1 unspecified atom stereocenters. The van der Waals surface area contributed by atoms with Gasteiger partial charge >= 0.3 is 0 Å². The number of alkyl halides is 1. The summed E-state index contributed by atoms with van der Waals surface area (Å²) in [6.07, 6.45) is 6.27. The van der Waals surface area contributed by atoms with Crippen molar-refractivity contribution in [3.05, 3.63) is 18.0 Å². The van der Waals surface area contributed by atoms with Crippen LogP contribution in [0.5, 0.6) is 0 Å². The zero-order valence-electron chi connectivity index (χ0n) is 8.33. The number of hydrogen-bond donors (Lipinski definition) is 0. The van der Waals surface area contributed by atoms with Crippen LogP contribution < -0.4 is 0 Å². The van der Waals surface area contributed by atoms with Gasteiger partial charge in [-0.25, -0.2) is 0 Å². The van der Waals surface area contributed by atoms with Gasteiger partial charge in [0.15, 0.2) is 0 Å². The fourth-order valence-corrected chi connectivity index (χ4v) is 1.69. The number of halogens is 1. The highest BCUT2D eigenvalue weighted by Crippen LogP contribution is 2.12. The van der Waals surface area contributed by atoms with Crippen LogP contribution in [0, 0.1) is 0 Å². The van der Waals surface area contributed by atoms with E-state index < -0.39 is 0 Å². The van der Waals surface area contributed by atoms with Gasteiger partial charge in [0.2, 0.25) is 0 Å². The van der Waals surface area contributed by atoms with Gasteiger partial charge in [-0.15, -0.1) is 11.6 Å². The Morgan fingerprint density at radius 2 is 2.31 bits per heavy atom. The summed E-state index contributed by atoms with van der Waals surface area (Å²) in [5.74, 6) is 0. The molecule has 1 atom stereocenters. The van der Waals surface area contributed by atoms with Gasteiger partial charge in [0.1, 0.15) is 0 Å². The standard InChI is InChI=1S/C10H17ClN2/c1-3-4-9(11)5-6-10-7-8-13(2)12-10/h7-9H,3-6H2,1-2H3. The fraction of sp³-hybridized carbons (Fsp3) is 0.700. The van der Waals surface area contributed by atoms with E-state index in [1.807, 2.05) is 17.9 Å². The molecule has 74 valence electrons. The minimum Gasteiger partial charge on any atom is -0.276 e. The Hall–Kier alpha value is -0.500. The molecule has 0 aliphatic heterocycles. The maximum absolute atomic E-state index is 6.10. The van der Waals surface area contributed by atoms with Gasteiger partial charge < -0.3 is 0 Å². The van der Waals surface area contributed by atoms with Crippen LogP contribution in [0.1, 0.15) is 31.9 Å². The predicted molar refractivity (Wildman–Crippen MR) is 56.1 cm³/mol. The third-order valence-corrected chi connectivity index (χ3v) is 2.52. The maximum atomic E-state index is 6.10. The molecule has 0 amide bonds. The highest BCUT2D eigenvalue weighted by molar-refractivity contribution is 6.20. The lowest BCUT2D eigenvalue weighted by atomic mass is 10.1. The van der Waals surface area contributed by atoms with Gasteiger partial charge in [0.25, 0.3) is 0 Å². The topological polar surface area (TPSA) is 17.8 Å². The van der Waals surface area contributed by atoms with Crippen LogP contribution in [0.15, 0.2) is 12.3 Å². The highest BCUT2D eigenvalue weighted by Gasteiger charge is 2.04. The zero-order chi connectivity index (χ0) is 9.68. The second kappa shape index (κ2) is 5.28. The first-order chi connectivity index (χ1) is 6.22. The van der Waals surface area contributed by atoms with Crippen molar-refractivity contribution in [2.75, 3.05) is 0 Å². The summed E-state index contributed by atoms with van der Waals surface area (Å²) in [6.45, 7) is 2.16. The van der Waals surface area contributed by atoms with E-state index in [1.54, 1.807) is 0 Å². The molecule has 0 fully saturated rings. The molecule has 0 spiro atoms. The lowest BCUT2D eigenvalue weighted by Crippen LogP contribution is -2.01. The van der Waals surface area contributed by atoms with E-state index in [-0.39, 0.29) is 0 Å². The Morgan fingerprint density at radius 1 is 1.54 bits per heavy atom. The molecule has 0 saturated carbocycles. The highest BCUT2D eigenvalue weighted by atomic mass is 35.5. The average molecular weight is 201 g/mol. The second-order valence-corrected chi connectivity index (χ2v) is 4.02. The molecule has 0 radical (unpaired) electrons. The van der Waals surface area contributed by atoms with Gasteiger partial charge in [0, 0.05) is 18.6 Å². The molecule has 13 heavy (non-hydrogen) atoms. The molecule has 0 aromatic carbocycles. The van der Waals surface area contributed by atoms with Crippen molar-refractivity contribution in [3.63, 3.8) is 0 Å². The summed E-state index contributed by atoms with van der Waals surface area (Å²) < 4.78 is 1.83. The van der Waals surface area contributed by atoms with Crippen LogP contribution >= 0.6 is 11.6 Å². The van der Waals surface area contributed by atoms with E-state index in [9.17, 15) is 0 Å². The molecular weight excluding hydrogens is 184 g/mol. The Balaban J connectivity index is 2.26. The SMILES string of the molecule is CCCC(Cl)CCc1ccn(C)n1. The quantitative estimate of drug-likeness (QED) is 0.669. The van der Waals surface area contributed by atoms with E-state index >= 15 is 0 Å². The fourth-order valence-electron chi connectivity index (χ4n) is 1.36. The summed E-state index contributed by atoms with van der Waals surface area (Å²) in [5.41, 5.74) is 1.14. The van der Waals surface area contributed by atoms with Gasteiger partial charge in [-0.2, -0.15) is 5.10 Å². The summed E-state index contributed by atoms with van der Waals surface area (Å²) >= 11 is 6.10. The van der Waals surface area contributed by atoms with Crippen LogP contribution in [-0.2, 0) is 13.5 Å². The zero-order valence-corrected chi connectivity index (χ0v) is 9.09.